The number of likely N-dealkylation sites (tertiary alicyclic amines) is 1. The lowest BCUT2D eigenvalue weighted by molar-refractivity contribution is 0.0600. The Morgan fingerprint density at radius 1 is 1.10 bits per heavy atom. The van der Waals surface area contributed by atoms with Gasteiger partial charge in [-0.3, -0.25) is 9.59 Å². The van der Waals surface area contributed by atoms with Crippen LogP contribution in [-0.4, -0.2) is 28.5 Å². The van der Waals surface area contributed by atoms with Crippen LogP contribution in [0.3, 0.4) is 0 Å². The molecule has 2 bridgehead atoms. The number of rotatable bonds is 2. The zero-order chi connectivity index (χ0) is 20.0. The van der Waals surface area contributed by atoms with Gasteiger partial charge in [0.25, 0.3) is 11.5 Å². The molecule has 0 spiro atoms. The highest BCUT2D eigenvalue weighted by Gasteiger charge is 2.38. The summed E-state index contributed by atoms with van der Waals surface area (Å²) in [5.41, 5.74) is 3.52. The summed E-state index contributed by atoms with van der Waals surface area (Å²) >= 11 is 1.47. The number of hydrogen-bond donors (Lipinski definition) is 0. The third kappa shape index (κ3) is 3.08. The van der Waals surface area contributed by atoms with Crippen molar-refractivity contribution in [1.82, 2.24) is 9.47 Å². The molecule has 0 N–H and O–H groups in total. The highest BCUT2D eigenvalue weighted by molar-refractivity contribution is 7.12. The van der Waals surface area contributed by atoms with Gasteiger partial charge in [-0.15, -0.1) is 11.3 Å². The number of pyridine rings is 1. The average molecular weight is 401 g/mol. The minimum atomic E-state index is 0.00733. The molecule has 144 valence electrons. The Kier molecular flexibility index (Phi) is 4.33. The molecule has 4 heterocycles. The fraction of sp³-hybridized carbons (Fsp3) is 0.261. The Bertz CT molecular complexity index is 1190. The first-order valence-corrected chi connectivity index (χ1v) is 10.6. The molecule has 5 rings (SSSR count). The van der Waals surface area contributed by atoms with E-state index in [0.717, 1.165) is 28.1 Å². The molecule has 2 aliphatic rings. The van der Waals surface area contributed by atoms with Crippen molar-refractivity contribution >= 4 is 17.2 Å². The fourth-order valence-corrected chi connectivity index (χ4v) is 5.43. The molecule has 0 radical (unpaired) electrons. The number of thiophene rings is 1. The van der Waals surface area contributed by atoms with Crippen LogP contribution >= 0.6 is 11.3 Å². The van der Waals surface area contributed by atoms with Crippen LogP contribution in [0.4, 0.5) is 0 Å². The second kappa shape index (κ2) is 7.02. The van der Waals surface area contributed by atoms with Crippen LogP contribution in [0.2, 0.25) is 0 Å². The van der Waals surface area contributed by atoms with Crippen molar-refractivity contribution in [1.29, 1.82) is 5.26 Å². The van der Waals surface area contributed by atoms with Crippen LogP contribution in [-0.2, 0) is 6.54 Å². The maximum Gasteiger partial charge on any atom is 0.263 e. The second-order valence-electron chi connectivity index (χ2n) is 7.76. The van der Waals surface area contributed by atoms with Crippen molar-refractivity contribution in [3.63, 3.8) is 0 Å². The normalized spacial score (nSPS) is 20.0. The summed E-state index contributed by atoms with van der Waals surface area (Å²) in [7, 11) is 0. The lowest BCUT2D eigenvalue weighted by Gasteiger charge is -2.43. The van der Waals surface area contributed by atoms with E-state index in [2.05, 4.69) is 6.07 Å². The summed E-state index contributed by atoms with van der Waals surface area (Å²) in [6, 6.07) is 16.9. The molecule has 1 saturated heterocycles. The molecular weight excluding hydrogens is 382 g/mol. The van der Waals surface area contributed by atoms with E-state index in [1.54, 1.807) is 12.1 Å². The van der Waals surface area contributed by atoms with Crippen LogP contribution in [0.15, 0.2) is 58.7 Å². The van der Waals surface area contributed by atoms with E-state index in [0.29, 0.717) is 25.2 Å². The Morgan fingerprint density at radius 2 is 2.00 bits per heavy atom. The molecule has 2 atom stereocenters. The van der Waals surface area contributed by atoms with E-state index in [4.69, 9.17) is 0 Å². The van der Waals surface area contributed by atoms with Crippen LogP contribution < -0.4 is 5.56 Å². The van der Waals surface area contributed by atoms with Crippen molar-refractivity contribution in [2.24, 2.45) is 5.92 Å². The summed E-state index contributed by atoms with van der Waals surface area (Å²) in [4.78, 5) is 28.3. The number of carbonyl (C=O) groups excluding carboxylic acids is 1. The van der Waals surface area contributed by atoms with E-state index >= 15 is 0 Å². The molecule has 3 aromatic rings. The van der Waals surface area contributed by atoms with E-state index in [1.807, 2.05) is 51.2 Å². The van der Waals surface area contributed by atoms with Gasteiger partial charge in [-0.05, 0) is 47.5 Å². The first-order chi connectivity index (χ1) is 14.1. The van der Waals surface area contributed by atoms with Gasteiger partial charge < -0.3 is 9.47 Å². The van der Waals surface area contributed by atoms with Gasteiger partial charge in [0, 0.05) is 42.9 Å². The Balaban J connectivity index is 1.58. The number of aromatic nitrogens is 1. The maximum atomic E-state index is 12.9. The van der Waals surface area contributed by atoms with Crippen molar-refractivity contribution in [3.05, 3.63) is 80.4 Å². The first kappa shape index (κ1) is 17.9. The molecule has 0 saturated carbocycles. The predicted octanol–water partition coefficient (Wildman–Crippen LogP) is 3.71. The highest BCUT2D eigenvalue weighted by atomic mass is 32.1. The third-order valence-corrected chi connectivity index (χ3v) is 6.77. The number of fused-ring (bicyclic) bond motifs is 4. The van der Waals surface area contributed by atoms with Crippen molar-refractivity contribution in [2.75, 3.05) is 13.1 Å². The van der Waals surface area contributed by atoms with Crippen molar-refractivity contribution < 1.29 is 4.79 Å². The van der Waals surface area contributed by atoms with E-state index < -0.39 is 0 Å². The molecule has 0 aliphatic carbocycles. The van der Waals surface area contributed by atoms with Gasteiger partial charge in [-0.1, -0.05) is 18.2 Å². The molecule has 2 aromatic heterocycles. The number of piperidine rings is 1. The lowest BCUT2D eigenvalue weighted by Crippen LogP contribution is -2.49. The average Bonchev–Trinajstić information content (AvgIpc) is 3.29. The number of carbonyl (C=O) groups is 1. The molecule has 1 aromatic carbocycles. The van der Waals surface area contributed by atoms with Crippen LogP contribution in [0.25, 0.3) is 11.1 Å². The van der Waals surface area contributed by atoms with E-state index in [9.17, 15) is 14.9 Å². The lowest BCUT2D eigenvalue weighted by atomic mass is 9.80. The summed E-state index contributed by atoms with van der Waals surface area (Å²) in [5, 5.41) is 11.2. The van der Waals surface area contributed by atoms with Crippen LogP contribution in [0.5, 0.6) is 0 Å². The monoisotopic (exact) mass is 401 g/mol. The van der Waals surface area contributed by atoms with E-state index in [1.165, 1.54) is 11.3 Å². The summed E-state index contributed by atoms with van der Waals surface area (Å²) in [6.07, 6.45) is 0.975. The molecule has 1 fully saturated rings. The molecule has 29 heavy (non-hydrogen) atoms. The maximum absolute atomic E-state index is 12.9. The zero-order valence-corrected chi connectivity index (χ0v) is 16.6. The largest absolute Gasteiger partial charge is 0.337 e. The van der Waals surface area contributed by atoms with Gasteiger partial charge in [0.05, 0.1) is 16.5 Å². The SMILES string of the molecule is N#Cc1cccc(-c2ccc(=O)n3c2C2CC(CN(C(=O)c4cccs4)C2)C3)c1. The van der Waals surface area contributed by atoms with Gasteiger partial charge in [-0.2, -0.15) is 5.26 Å². The van der Waals surface area contributed by atoms with Gasteiger partial charge in [0.1, 0.15) is 0 Å². The van der Waals surface area contributed by atoms with Crippen LogP contribution in [0, 0.1) is 17.2 Å². The van der Waals surface area contributed by atoms with E-state index in [-0.39, 0.29) is 23.3 Å². The Hall–Kier alpha value is -3.17. The van der Waals surface area contributed by atoms with Crippen LogP contribution in [0.1, 0.15) is 33.3 Å². The summed E-state index contributed by atoms with van der Waals surface area (Å²) in [6.45, 7) is 1.93. The molecule has 5 nitrogen and oxygen atoms in total. The van der Waals surface area contributed by atoms with Crippen molar-refractivity contribution in [2.45, 2.75) is 18.9 Å². The number of benzene rings is 1. The Morgan fingerprint density at radius 3 is 2.79 bits per heavy atom. The zero-order valence-electron chi connectivity index (χ0n) is 15.7. The third-order valence-electron chi connectivity index (χ3n) is 5.91. The summed E-state index contributed by atoms with van der Waals surface area (Å²) in [5.74, 6) is 0.471. The van der Waals surface area contributed by atoms with Crippen molar-refractivity contribution in [3.8, 4) is 17.2 Å². The number of amides is 1. The second-order valence-corrected chi connectivity index (χ2v) is 8.71. The fourth-order valence-electron chi connectivity index (χ4n) is 4.74. The quantitative estimate of drug-likeness (QED) is 0.658. The highest BCUT2D eigenvalue weighted by Crippen LogP contribution is 2.40. The topological polar surface area (TPSA) is 66.1 Å². The molecule has 2 unspecified atom stereocenters. The molecule has 6 heteroatoms. The number of hydrogen-bond acceptors (Lipinski definition) is 4. The molecule has 2 aliphatic heterocycles. The summed E-state index contributed by atoms with van der Waals surface area (Å²) < 4.78 is 1.89. The Labute approximate surface area is 172 Å². The molecular formula is C23H19N3O2S. The number of nitriles is 1. The van der Waals surface area contributed by atoms with Gasteiger partial charge in [-0.25, -0.2) is 0 Å². The molecule has 1 amide bonds. The van der Waals surface area contributed by atoms with Gasteiger partial charge in [0.15, 0.2) is 0 Å². The minimum Gasteiger partial charge on any atom is -0.337 e. The predicted molar refractivity (Wildman–Crippen MR) is 112 cm³/mol. The number of nitrogens with zero attached hydrogens (tertiary/aromatic N) is 3. The minimum absolute atomic E-state index is 0.00733. The standard InChI is InChI=1S/C23H19N3O2S/c24-11-15-3-1-4-17(9-15)19-6-7-21(27)26-13-16-10-18(22(19)26)14-25(12-16)23(28)20-5-2-8-29-20/h1-9,16,18H,10,12-14H2. The van der Waals surface area contributed by atoms with Gasteiger partial charge in [0.2, 0.25) is 0 Å². The first-order valence-electron chi connectivity index (χ1n) is 9.71. The smallest absolute Gasteiger partial charge is 0.263 e. The van der Waals surface area contributed by atoms with Gasteiger partial charge >= 0.3 is 0 Å².